The minimum absolute atomic E-state index is 0.0692. The largest absolute Gasteiger partial charge is 0.493 e. The molecule has 0 aliphatic carbocycles. The van der Waals surface area contributed by atoms with Gasteiger partial charge in [0, 0.05) is 19.2 Å². The number of aryl methyl sites for hydroxylation is 1. The monoisotopic (exact) mass is 501 g/mol. The number of carbonyl (C=O) groups is 1. The summed E-state index contributed by atoms with van der Waals surface area (Å²) in [5, 5.41) is 18.5. The average molecular weight is 502 g/mol. The Hall–Kier alpha value is -3.50. The van der Waals surface area contributed by atoms with E-state index in [9.17, 15) is 9.90 Å². The highest BCUT2D eigenvalue weighted by Gasteiger charge is 2.22. The summed E-state index contributed by atoms with van der Waals surface area (Å²) in [5.74, 6) is 2.43. The topological polar surface area (TPSA) is 113 Å². The molecule has 0 bridgehead atoms. The Morgan fingerprint density at radius 2 is 1.83 bits per heavy atom. The third-order valence-electron chi connectivity index (χ3n) is 5.12. The average Bonchev–Trinajstić information content (AvgIpc) is 3.18. The van der Waals surface area contributed by atoms with Crippen LogP contribution in [0.3, 0.4) is 0 Å². The van der Waals surface area contributed by atoms with E-state index in [4.69, 9.17) is 23.7 Å². The van der Waals surface area contributed by atoms with Gasteiger partial charge in [-0.25, -0.2) is 4.79 Å². The van der Waals surface area contributed by atoms with Crippen molar-refractivity contribution in [3.8, 4) is 23.0 Å². The van der Waals surface area contributed by atoms with Crippen molar-refractivity contribution >= 4 is 17.0 Å². The summed E-state index contributed by atoms with van der Waals surface area (Å²) >= 11 is 0. The maximum atomic E-state index is 12.6. The van der Waals surface area contributed by atoms with Gasteiger partial charge in [-0.3, -0.25) is 0 Å². The molecule has 2 N–H and O–H groups in total. The van der Waals surface area contributed by atoms with Gasteiger partial charge in [0.05, 0.1) is 30.8 Å². The van der Waals surface area contributed by atoms with Crippen LogP contribution in [0.15, 0.2) is 36.4 Å². The summed E-state index contributed by atoms with van der Waals surface area (Å²) in [6.07, 6.45) is -1.31. The Morgan fingerprint density at radius 1 is 1.08 bits per heavy atom. The standard InChI is InChI=1S/C26H35N3O7/c1-17-24-20(29(28-17)25(31)36-26(2,3)4)8-7-9-22(24)35-16-18(30)15-27-12-13-34-19-10-11-21(32-5)23(14-19)33-6/h7-11,14,18,27,30H,12-13,15-16H2,1-6H3. The number of methoxy groups -OCH3 is 2. The molecule has 0 amide bonds. The normalized spacial score (nSPS) is 12.3. The van der Waals surface area contributed by atoms with E-state index < -0.39 is 17.8 Å². The fourth-order valence-corrected chi connectivity index (χ4v) is 3.54. The van der Waals surface area contributed by atoms with Gasteiger partial charge >= 0.3 is 6.09 Å². The fraction of sp³-hybridized carbons (Fsp3) is 0.462. The number of nitrogens with one attached hydrogen (secondary N) is 1. The number of ether oxygens (including phenoxy) is 5. The zero-order valence-electron chi connectivity index (χ0n) is 21.7. The van der Waals surface area contributed by atoms with E-state index in [0.717, 1.165) is 0 Å². The lowest BCUT2D eigenvalue weighted by Crippen LogP contribution is -2.33. The van der Waals surface area contributed by atoms with E-state index in [-0.39, 0.29) is 6.61 Å². The number of fused-ring (bicyclic) bond motifs is 1. The van der Waals surface area contributed by atoms with Gasteiger partial charge in [-0.2, -0.15) is 9.78 Å². The summed E-state index contributed by atoms with van der Waals surface area (Å²) < 4.78 is 28.8. The van der Waals surface area contributed by atoms with Crippen LogP contribution in [0.25, 0.3) is 10.9 Å². The van der Waals surface area contributed by atoms with Gasteiger partial charge in [0.25, 0.3) is 0 Å². The molecular weight excluding hydrogens is 466 g/mol. The van der Waals surface area contributed by atoms with Crippen molar-refractivity contribution in [1.82, 2.24) is 15.1 Å². The smallest absolute Gasteiger partial charge is 0.435 e. The summed E-state index contributed by atoms with van der Waals surface area (Å²) in [4.78, 5) is 12.6. The molecule has 10 nitrogen and oxygen atoms in total. The van der Waals surface area contributed by atoms with E-state index in [2.05, 4.69) is 10.4 Å². The first-order valence-corrected chi connectivity index (χ1v) is 11.7. The van der Waals surface area contributed by atoms with Crippen LogP contribution in [0.2, 0.25) is 0 Å². The summed E-state index contributed by atoms with van der Waals surface area (Å²) in [7, 11) is 3.15. The molecular formula is C26H35N3O7. The Labute approximate surface area is 211 Å². The third-order valence-corrected chi connectivity index (χ3v) is 5.12. The second kappa shape index (κ2) is 12.0. The Morgan fingerprint density at radius 3 is 2.53 bits per heavy atom. The molecule has 10 heteroatoms. The number of carbonyl (C=O) groups excluding carboxylic acids is 1. The minimum atomic E-state index is -0.748. The molecule has 0 fully saturated rings. The van der Waals surface area contributed by atoms with Crippen molar-refractivity contribution in [3.05, 3.63) is 42.1 Å². The lowest BCUT2D eigenvalue weighted by molar-refractivity contribution is 0.0522. The van der Waals surface area contributed by atoms with Gasteiger partial charge in [-0.15, -0.1) is 0 Å². The SMILES string of the molecule is COc1ccc(OCCNCC(O)COc2cccc3c2c(C)nn3C(=O)OC(C)(C)C)cc1OC. The van der Waals surface area contributed by atoms with E-state index in [1.165, 1.54) is 4.68 Å². The predicted octanol–water partition coefficient (Wildman–Crippen LogP) is 3.55. The van der Waals surface area contributed by atoms with Crippen LogP contribution in [-0.4, -0.2) is 73.2 Å². The molecule has 1 heterocycles. The Bertz CT molecular complexity index is 1170. The van der Waals surface area contributed by atoms with Gasteiger partial charge in [-0.1, -0.05) is 6.07 Å². The highest BCUT2D eigenvalue weighted by atomic mass is 16.6. The number of rotatable bonds is 11. The van der Waals surface area contributed by atoms with Crippen LogP contribution < -0.4 is 24.3 Å². The lowest BCUT2D eigenvalue weighted by atomic mass is 10.2. The van der Waals surface area contributed by atoms with E-state index >= 15 is 0 Å². The second-order valence-corrected chi connectivity index (χ2v) is 9.16. The van der Waals surface area contributed by atoms with Crippen LogP contribution in [0.5, 0.6) is 23.0 Å². The number of benzene rings is 2. The van der Waals surface area contributed by atoms with E-state index in [1.807, 2.05) is 0 Å². The highest BCUT2D eigenvalue weighted by Crippen LogP contribution is 2.31. The molecule has 0 radical (unpaired) electrons. The quantitative estimate of drug-likeness (QED) is 0.381. The zero-order chi connectivity index (χ0) is 26.3. The first kappa shape index (κ1) is 27.1. The Balaban J connectivity index is 1.49. The number of aromatic nitrogens is 2. The van der Waals surface area contributed by atoms with Crippen molar-refractivity contribution < 1.29 is 33.6 Å². The molecule has 1 atom stereocenters. The number of aliphatic hydroxyl groups is 1. The molecule has 0 aliphatic rings. The predicted molar refractivity (Wildman–Crippen MR) is 136 cm³/mol. The molecule has 0 saturated carbocycles. The fourth-order valence-electron chi connectivity index (χ4n) is 3.54. The van der Waals surface area contributed by atoms with Gasteiger partial charge in [0.2, 0.25) is 0 Å². The van der Waals surface area contributed by atoms with Gasteiger partial charge in [-0.05, 0) is 52.0 Å². The van der Waals surface area contributed by atoms with Crippen LogP contribution in [-0.2, 0) is 4.74 Å². The van der Waals surface area contributed by atoms with Crippen molar-refractivity contribution in [2.24, 2.45) is 0 Å². The summed E-state index contributed by atoms with van der Waals surface area (Å²) in [6.45, 7) is 8.53. The molecule has 3 rings (SSSR count). The first-order valence-electron chi connectivity index (χ1n) is 11.7. The second-order valence-electron chi connectivity index (χ2n) is 9.16. The number of hydrogen-bond donors (Lipinski definition) is 2. The summed E-state index contributed by atoms with van der Waals surface area (Å²) in [6, 6.07) is 10.7. The van der Waals surface area contributed by atoms with Gasteiger partial charge in [0.1, 0.15) is 36.4 Å². The molecule has 0 spiro atoms. The van der Waals surface area contributed by atoms with Crippen molar-refractivity contribution in [1.29, 1.82) is 0 Å². The maximum Gasteiger partial charge on any atom is 0.435 e. The third kappa shape index (κ3) is 7.02. The zero-order valence-corrected chi connectivity index (χ0v) is 21.7. The van der Waals surface area contributed by atoms with Crippen LogP contribution >= 0.6 is 0 Å². The molecule has 2 aromatic carbocycles. The molecule has 196 valence electrons. The molecule has 36 heavy (non-hydrogen) atoms. The van der Waals surface area contributed by atoms with Gasteiger partial charge < -0.3 is 34.1 Å². The highest BCUT2D eigenvalue weighted by molar-refractivity contribution is 5.93. The van der Waals surface area contributed by atoms with Crippen molar-refractivity contribution in [2.45, 2.75) is 39.4 Å². The molecule has 1 aromatic heterocycles. The molecule has 1 unspecified atom stereocenters. The number of hydrogen-bond acceptors (Lipinski definition) is 9. The summed E-state index contributed by atoms with van der Waals surface area (Å²) in [5.41, 5.74) is 0.576. The Kier molecular flexibility index (Phi) is 9.00. The van der Waals surface area contributed by atoms with Crippen LogP contribution in [0, 0.1) is 6.92 Å². The minimum Gasteiger partial charge on any atom is -0.493 e. The van der Waals surface area contributed by atoms with Crippen molar-refractivity contribution in [2.75, 3.05) is 40.5 Å². The van der Waals surface area contributed by atoms with Crippen LogP contribution in [0.4, 0.5) is 4.79 Å². The van der Waals surface area contributed by atoms with E-state index in [1.54, 1.807) is 78.3 Å². The maximum absolute atomic E-state index is 12.6. The van der Waals surface area contributed by atoms with E-state index in [0.29, 0.717) is 59.3 Å². The number of aliphatic hydroxyl groups excluding tert-OH is 1. The number of nitrogens with zero attached hydrogens (tertiary/aromatic N) is 2. The lowest BCUT2D eigenvalue weighted by Gasteiger charge is -2.19. The van der Waals surface area contributed by atoms with Crippen LogP contribution in [0.1, 0.15) is 26.5 Å². The van der Waals surface area contributed by atoms with Crippen molar-refractivity contribution in [3.63, 3.8) is 0 Å². The molecule has 3 aromatic rings. The first-order chi connectivity index (χ1) is 17.1. The molecule has 0 saturated heterocycles. The molecule has 0 aliphatic heterocycles. The van der Waals surface area contributed by atoms with Gasteiger partial charge in [0.15, 0.2) is 11.5 Å².